The number of hydrogen-bond donors (Lipinski definition) is 1. The van der Waals surface area contributed by atoms with Gasteiger partial charge in [-0.15, -0.1) is 10.2 Å². The first-order chi connectivity index (χ1) is 7.95. The van der Waals surface area contributed by atoms with Crippen LogP contribution in [0, 0.1) is 0 Å². The van der Waals surface area contributed by atoms with Crippen molar-refractivity contribution in [3.05, 3.63) is 24.3 Å². The van der Waals surface area contributed by atoms with Gasteiger partial charge in [0.1, 0.15) is 0 Å². The van der Waals surface area contributed by atoms with E-state index in [1.807, 2.05) is 24.3 Å². The molecule has 0 bridgehead atoms. The normalized spacial score (nSPS) is 16.6. The van der Waals surface area contributed by atoms with Gasteiger partial charge in [0.05, 0.1) is 5.52 Å². The molecular weight excluding hydrogens is 202 g/mol. The molecule has 0 atom stereocenters. The van der Waals surface area contributed by atoms with Crippen molar-refractivity contribution in [1.29, 1.82) is 0 Å². The van der Waals surface area contributed by atoms with Crippen molar-refractivity contribution < 1.29 is 0 Å². The van der Waals surface area contributed by atoms with Crippen molar-refractivity contribution >= 4 is 16.7 Å². The maximum Gasteiger partial charge on any atom is 0.162 e. The second kappa shape index (κ2) is 4.02. The van der Waals surface area contributed by atoms with E-state index in [4.69, 9.17) is 0 Å². The summed E-state index contributed by atoms with van der Waals surface area (Å²) in [6.45, 7) is 3.95. The van der Waals surface area contributed by atoms with Crippen molar-refractivity contribution in [1.82, 2.24) is 20.7 Å². The van der Waals surface area contributed by atoms with Gasteiger partial charge in [-0.1, -0.05) is 12.1 Å². The van der Waals surface area contributed by atoms with E-state index in [9.17, 15) is 0 Å². The second-order valence-corrected chi connectivity index (χ2v) is 3.87. The van der Waals surface area contributed by atoms with Crippen LogP contribution >= 0.6 is 0 Å². The highest BCUT2D eigenvalue weighted by molar-refractivity contribution is 5.88. The highest BCUT2D eigenvalue weighted by Crippen LogP contribution is 2.21. The minimum absolute atomic E-state index is 0.908. The molecule has 82 valence electrons. The highest BCUT2D eigenvalue weighted by atomic mass is 15.4. The first-order valence-corrected chi connectivity index (χ1v) is 5.49. The van der Waals surface area contributed by atoms with Gasteiger partial charge < -0.3 is 10.2 Å². The molecule has 2 aromatic rings. The summed E-state index contributed by atoms with van der Waals surface area (Å²) in [5.41, 5.74) is 0.908. The second-order valence-electron chi connectivity index (χ2n) is 3.87. The van der Waals surface area contributed by atoms with Gasteiger partial charge in [0.25, 0.3) is 0 Å². The summed E-state index contributed by atoms with van der Waals surface area (Å²) in [5.74, 6) is 0.951. The van der Waals surface area contributed by atoms with Crippen LogP contribution in [0.15, 0.2) is 24.3 Å². The topological polar surface area (TPSA) is 53.9 Å². The molecule has 0 spiro atoms. The lowest BCUT2D eigenvalue weighted by atomic mass is 10.2. The Morgan fingerprint density at radius 1 is 1.06 bits per heavy atom. The Balaban J connectivity index is 2.08. The average Bonchev–Trinajstić information content (AvgIpc) is 2.39. The molecule has 0 amide bonds. The number of anilines is 1. The fraction of sp³-hybridized carbons (Fsp3) is 0.364. The van der Waals surface area contributed by atoms with Crippen molar-refractivity contribution in [3.63, 3.8) is 0 Å². The lowest BCUT2D eigenvalue weighted by Gasteiger charge is -2.28. The fourth-order valence-electron chi connectivity index (χ4n) is 2.03. The van der Waals surface area contributed by atoms with Crippen LogP contribution in [-0.2, 0) is 0 Å². The number of aromatic nitrogens is 3. The molecule has 1 saturated heterocycles. The Morgan fingerprint density at radius 2 is 1.88 bits per heavy atom. The molecule has 0 aliphatic carbocycles. The minimum Gasteiger partial charge on any atom is -0.352 e. The SMILES string of the molecule is c1ccc2c(N3CCNCC3)nnnc2c1. The van der Waals surface area contributed by atoms with Gasteiger partial charge in [-0.05, 0) is 17.3 Å². The third-order valence-electron chi connectivity index (χ3n) is 2.85. The zero-order valence-corrected chi connectivity index (χ0v) is 8.93. The van der Waals surface area contributed by atoms with Crippen molar-refractivity contribution in [3.8, 4) is 0 Å². The number of piperazine rings is 1. The van der Waals surface area contributed by atoms with E-state index in [-0.39, 0.29) is 0 Å². The monoisotopic (exact) mass is 215 g/mol. The zero-order valence-electron chi connectivity index (χ0n) is 8.93. The van der Waals surface area contributed by atoms with Gasteiger partial charge in [-0.3, -0.25) is 0 Å². The standard InChI is InChI=1S/C11H13N5/c1-2-4-10-9(3-1)11(14-15-13-10)16-7-5-12-6-8-16/h1-4,12H,5-8H2. The molecule has 0 radical (unpaired) electrons. The van der Waals surface area contributed by atoms with Gasteiger partial charge in [0, 0.05) is 31.6 Å². The van der Waals surface area contributed by atoms with E-state index >= 15 is 0 Å². The minimum atomic E-state index is 0.908. The summed E-state index contributed by atoms with van der Waals surface area (Å²) in [5, 5.41) is 16.4. The van der Waals surface area contributed by atoms with E-state index in [2.05, 4.69) is 25.6 Å². The zero-order chi connectivity index (χ0) is 10.8. The van der Waals surface area contributed by atoms with Crippen LogP contribution in [0.3, 0.4) is 0 Å². The maximum atomic E-state index is 4.17. The average molecular weight is 215 g/mol. The van der Waals surface area contributed by atoms with Crippen molar-refractivity contribution in [2.75, 3.05) is 31.1 Å². The first kappa shape index (κ1) is 9.47. The number of nitrogens with one attached hydrogen (secondary N) is 1. The summed E-state index contributed by atoms with van der Waals surface area (Å²) in [6, 6.07) is 8.00. The van der Waals surface area contributed by atoms with Crippen LogP contribution in [0.2, 0.25) is 0 Å². The predicted molar refractivity (Wildman–Crippen MR) is 62.4 cm³/mol. The Kier molecular flexibility index (Phi) is 2.38. The number of hydrogen-bond acceptors (Lipinski definition) is 5. The lowest BCUT2D eigenvalue weighted by Crippen LogP contribution is -2.44. The van der Waals surface area contributed by atoms with Gasteiger partial charge in [-0.25, -0.2) is 0 Å². The maximum absolute atomic E-state index is 4.17. The summed E-state index contributed by atoms with van der Waals surface area (Å²) in [7, 11) is 0. The molecule has 16 heavy (non-hydrogen) atoms. The molecule has 5 heteroatoms. The summed E-state index contributed by atoms with van der Waals surface area (Å²) in [6.07, 6.45) is 0. The number of fused-ring (bicyclic) bond motifs is 1. The lowest BCUT2D eigenvalue weighted by molar-refractivity contribution is 0.583. The molecule has 2 heterocycles. The number of benzene rings is 1. The number of rotatable bonds is 1. The van der Waals surface area contributed by atoms with Crippen LogP contribution in [0.4, 0.5) is 5.82 Å². The summed E-state index contributed by atoms with van der Waals surface area (Å²) < 4.78 is 0. The van der Waals surface area contributed by atoms with Gasteiger partial charge in [0.2, 0.25) is 0 Å². The molecule has 1 aliphatic rings. The fourth-order valence-corrected chi connectivity index (χ4v) is 2.03. The molecule has 1 aliphatic heterocycles. The molecule has 1 aromatic heterocycles. The quantitative estimate of drug-likeness (QED) is 0.748. The molecule has 5 nitrogen and oxygen atoms in total. The Bertz CT molecular complexity index is 487. The number of nitrogens with zero attached hydrogens (tertiary/aromatic N) is 4. The van der Waals surface area contributed by atoms with E-state index in [1.165, 1.54) is 0 Å². The van der Waals surface area contributed by atoms with Gasteiger partial charge >= 0.3 is 0 Å². The van der Waals surface area contributed by atoms with Crippen molar-refractivity contribution in [2.45, 2.75) is 0 Å². The smallest absolute Gasteiger partial charge is 0.162 e. The molecule has 0 saturated carbocycles. The van der Waals surface area contributed by atoms with E-state index in [1.54, 1.807) is 0 Å². The Morgan fingerprint density at radius 3 is 2.75 bits per heavy atom. The molecule has 1 aromatic carbocycles. The molecule has 0 unspecified atom stereocenters. The van der Waals surface area contributed by atoms with E-state index in [0.717, 1.165) is 42.9 Å². The van der Waals surface area contributed by atoms with Crippen LogP contribution in [0.5, 0.6) is 0 Å². The molecule has 1 N–H and O–H groups in total. The van der Waals surface area contributed by atoms with Crippen LogP contribution in [0.1, 0.15) is 0 Å². The highest BCUT2D eigenvalue weighted by Gasteiger charge is 2.15. The van der Waals surface area contributed by atoms with Crippen LogP contribution in [0.25, 0.3) is 10.9 Å². The van der Waals surface area contributed by atoms with Gasteiger partial charge in [-0.2, -0.15) is 0 Å². The van der Waals surface area contributed by atoms with Crippen LogP contribution < -0.4 is 10.2 Å². The third-order valence-corrected chi connectivity index (χ3v) is 2.85. The first-order valence-electron chi connectivity index (χ1n) is 5.49. The van der Waals surface area contributed by atoms with E-state index in [0.29, 0.717) is 0 Å². The molecule has 3 rings (SSSR count). The Hall–Kier alpha value is -1.75. The molecular formula is C11H13N5. The summed E-state index contributed by atoms with van der Waals surface area (Å²) >= 11 is 0. The van der Waals surface area contributed by atoms with Crippen LogP contribution in [-0.4, -0.2) is 41.6 Å². The third kappa shape index (κ3) is 1.59. The predicted octanol–water partition coefficient (Wildman–Crippen LogP) is 0.434. The Labute approximate surface area is 93.5 Å². The van der Waals surface area contributed by atoms with E-state index < -0.39 is 0 Å². The summed E-state index contributed by atoms with van der Waals surface area (Å²) in [4.78, 5) is 2.26. The molecule has 1 fully saturated rings. The van der Waals surface area contributed by atoms with Crippen molar-refractivity contribution in [2.24, 2.45) is 0 Å². The van der Waals surface area contributed by atoms with Gasteiger partial charge in [0.15, 0.2) is 5.82 Å². The largest absolute Gasteiger partial charge is 0.352 e.